The summed E-state index contributed by atoms with van der Waals surface area (Å²) in [5.74, 6) is 0.911. The molecule has 1 aromatic heterocycles. The van der Waals surface area contributed by atoms with Gasteiger partial charge in [0.25, 0.3) is 0 Å². The van der Waals surface area contributed by atoms with Crippen LogP contribution in [0.5, 0.6) is 0 Å². The maximum absolute atomic E-state index is 4.41. The Kier molecular flexibility index (Phi) is 2.63. The molecule has 0 fully saturated rings. The van der Waals surface area contributed by atoms with Crippen molar-refractivity contribution in [2.24, 2.45) is 0 Å². The molecule has 20 heavy (non-hydrogen) atoms. The van der Waals surface area contributed by atoms with Gasteiger partial charge in [-0.05, 0) is 23.8 Å². The summed E-state index contributed by atoms with van der Waals surface area (Å²) in [4.78, 5) is 0. The van der Waals surface area contributed by atoms with Crippen molar-refractivity contribution in [2.75, 3.05) is 5.32 Å². The van der Waals surface area contributed by atoms with Gasteiger partial charge in [-0.3, -0.25) is 5.10 Å². The molecule has 0 radical (unpaired) electrons. The first kappa shape index (κ1) is 11.7. The van der Waals surface area contributed by atoms with E-state index in [9.17, 15) is 0 Å². The van der Waals surface area contributed by atoms with Gasteiger partial charge in [0.15, 0.2) is 5.82 Å². The number of fused-ring (bicyclic) bond motifs is 3. The summed E-state index contributed by atoms with van der Waals surface area (Å²) in [6.45, 7) is 0. The number of H-pyrrole nitrogens is 1. The summed E-state index contributed by atoms with van der Waals surface area (Å²) >= 11 is 3.48. The largest absolute Gasteiger partial charge is 0.338 e. The molecule has 4 rings (SSSR count). The molecule has 2 N–H and O–H groups in total. The van der Waals surface area contributed by atoms with Gasteiger partial charge in [-0.1, -0.05) is 46.3 Å². The number of nitrogens with one attached hydrogen (secondary N) is 2. The van der Waals surface area contributed by atoms with E-state index in [1.54, 1.807) is 0 Å². The minimum atomic E-state index is 0.911. The van der Waals surface area contributed by atoms with Gasteiger partial charge < -0.3 is 5.32 Å². The number of hydrogen-bond donors (Lipinski definition) is 2. The Hall–Kier alpha value is -2.07. The van der Waals surface area contributed by atoms with Crippen LogP contribution in [0.3, 0.4) is 0 Å². The summed E-state index contributed by atoms with van der Waals surface area (Å²) in [6, 6.07) is 16.6. The van der Waals surface area contributed by atoms with Crippen molar-refractivity contribution in [3.63, 3.8) is 0 Å². The van der Waals surface area contributed by atoms with E-state index < -0.39 is 0 Å². The average Bonchev–Trinajstić information content (AvgIpc) is 2.99. The Morgan fingerprint density at radius 2 is 2.00 bits per heavy atom. The zero-order valence-electron chi connectivity index (χ0n) is 10.7. The van der Waals surface area contributed by atoms with E-state index in [0.29, 0.717) is 0 Å². The van der Waals surface area contributed by atoms with Crippen molar-refractivity contribution < 1.29 is 0 Å². The van der Waals surface area contributed by atoms with Crippen molar-refractivity contribution in [3.8, 4) is 11.3 Å². The average molecular weight is 326 g/mol. The van der Waals surface area contributed by atoms with Crippen LogP contribution in [-0.4, -0.2) is 10.2 Å². The summed E-state index contributed by atoms with van der Waals surface area (Å²) in [5, 5.41) is 11.0. The second-order valence-corrected chi connectivity index (χ2v) is 5.81. The monoisotopic (exact) mass is 325 g/mol. The molecule has 0 saturated heterocycles. The second kappa shape index (κ2) is 4.49. The molecule has 3 nitrogen and oxygen atoms in total. The zero-order valence-corrected chi connectivity index (χ0v) is 12.2. The molecule has 98 valence electrons. The lowest BCUT2D eigenvalue weighted by molar-refractivity contribution is 1.09. The van der Waals surface area contributed by atoms with Crippen molar-refractivity contribution >= 4 is 27.4 Å². The van der Waals surface area contributed by atoms with Gasteiger partial charge in [-0.25, -0.2) is 0 Å². The number of aromatic nitrogens is 2. The molecule has 0 saturated carbocycles. The van der Waals surface area contributed by atoms with Gasteiger partial charge in [0.1, 0.15) is 0 Å². The van der Waals surface area contributed by atoms with Crippen LogP contribution in [0.25, 0.3) is 11.3 Å². The SMILES string of the molecule is Brc1cccc(Nc2n[nH]c3c2Cc2ccccc2-3)c1. The van der Waals surface area contributed by atoms with Crippen molar-refractivity contribution in [1.82, 2.24) is 10.2 Å². The lowest BCUT2D eigenvalue weighted by atomic mass is 10.1. The Morgan fingerprint density at radius 1 is 1.10 bits per heavy atom. The second-order valence-electron chi connectivity index (χ2n) is 4.90. The fraction of sp³-hybridized carbons (Fsp3) is 0.0625. The quantitative estimate of drug-likeness (QED) is 0.570. The number of benzene rings is 2. The fourth-order valence-electron chi connectivity index (χ4n) is 2.68. The van der Waals surface area contributed by atoms with Crippen LogP contribution >= 0.6 is 15.9 Å². The molecule has 4 heteroatoms. The minimum absolute atomic E-state index is 0.911. The molecule has 3 aromatic rings. The number of nitrogens with zero attached hydrogens (tertiary/aromatic N) is 1. The highest BCUT2D eigenvalue weighted by Crippen LogP contribution is 2.39. The van der Waals surface area contributed by atoms with E-state index in [4.69, 9.17) is 0 Å². The first-order chi connectivity index (χ1) is 9.81. The molecule has 1 aliphatic carbocycles. The van der Waals surface area contributed by atoms with Gasteiger partial charge in [-0.15, -0.1) is 0 Å². The summed E-state index contributed by atoms with van der Waals surface area (Å²) < 4.78 is 1.05. The first-order valence-electron chi connectivity index (χ1n) is 6.49. The Morgan fingerprint density at radius 3 is 2.90 bits per heavy atom. The molecule has 0 atom stereocenters. The maximum Gasteiger partial charge on any atom is 0.156 e. The van der Waals surface area contributed by atoms with Gasteiger partial charge in [0.2, 0.25) is 0 Å². The van der Waals surface area contributed by atoms with Gasteiger partial charge in [-0.2, -0.15) is 5.10 Å². The van der Waals surface area contributed by atoms with Gasteiger partial charge in [0, 0.05) is 27.7 Å². The van der Waals surface area contributed by atoms with E-state index >= 15 is 0 Å². The molecule has 1 heterocycles. The standard InChI is InChI=1S/C16H12BrN3/c17-11-5-3-6-12(9-11)18-16-14-8-10-4-1-2-7-13(10)15(14)19-20-16/h1-7,9H,8H2,(H2,18,19,20). The van der Waals surface area contributed by atoms with E-state index in [1.165, 1.54) is 16.7 Å². The maximum atomic E-state index is 4.41. The van der Waals surface area contributed by atoms with E-state index in [-0.39, 0.29) is 0 Å². The lowest BCUT2D eigenvalue weighted by Gasteiger charge is -2.05. The Labute approximate surface area is 125 Å². The summed E-state index contributed by atoms with van der Waals surface area (Å²) in [5.41, 5.74) is 6.03. The van der Waals surface area contributed by atoms with E-state index in [2.05, 4.69) is 55.7 Å². The van der Waals surface area contributed by atoms with Crippen LogP contribution in [0.2, 0.25) is 0 Å². The predicted octanol–water partition coefficient (Wildman–Crippen LogP) is 4.49. The van der Waals surface area contributed by atoms with E-state index in [1.807, 2.05) is 24.3 Å². The van der Waals surface area contributed by atoms with Gasteiger partial charge in [0.05, 0.1) is 5.69 Å². The highest BCUT2D eigenvalue weighted by Gasteiger charge is 2.23. The molecule has 0 amide bonds. The van der Waals surface area contributed by atoms with Crippen molar-refractivity contribution in [2.45, 2.75) is 6.42 Å². The number of rotatable bonds is 2. The molecule has 0 bridgehead atoms. The summed E-state index contributed by atoms with van der Waals surface area (Å²) in [7, 11) is 0. The van der Waals surface area contributed by atoms with Crippen LogP contribution in [0.15, 0.2) is 53.0 Å². The summed E-state index contributed by atoms with van der Waals surface area (Å²) in [6.07, 6.45) is 0.929. The predicted molar refractivity (Wildman–Crippen MR) is 84.3 cm³/mol. The molecular weight excluding hydrogens is 314 g/mol. The van der Waals surface area contributed by atoms with Crippen LogP contribution in [-0.2, 0) is 6.42 Å². The normalized spacial score (nSPS) is 12.1. The number of hydrogen-bond acceptors (Lipinski definition) is 2. The zero-order chi connectivity index (χ0) is 13.5. The highest BCUT2D eigenvalue weighted by molar-refractivity contribution is 9.10. The van der Waals surface area contributed by atoms with Crippen molar-refractivity contribution in [3.05, 3.63) is 64.1 Å². The van der Waals surface area contributed by atoms with Gasteiger partial charge >= 0.3 is 0 Å². The Balaban J connectivity index is 1.71. The molecule has 2 aromatic carbocycles. The molecular formula is C16H12BrN3. The van der Waals surface area contributed by atoms with Crippen LogP contribution in [0.1, 0.15) is 11.1 Å². The van der Waals surface area contributed by atoms with Crippen LogP contribution < -0.4 is 5.32 Å². The molecule has 0 aliphatic heterocycles. The third-order valence-electron chi connectivity index (χ3n) is 3.61. The van der Waals surface area contributed by atoms with Crippen LogP contribution in [0, 0.1) is 0 Å². The molecule has 0 unspecified atom stereocenters. The van der Waals surface area contributed by atoms with Crippen molar-refractivity contribution in [1.29, 1.82) is 0 Å². The third-order valence-corrected chi connectivity index (χ3v) is 4.10. The topological polar surface area (TPSA) is 40.7 Å². The number of halogens is 1. The smallest absolute Gasteiger partial charge is 0.156 e. The fourth-order valence-corrected chi connectivity index (χ4v) is 3.07. The molecule has 0 spiro atoms. The highest BCUT2D eigenvalue weighted by atomic mass is 79.9. The Bertz CT molecular complexity index is 792. The minimum Gasteiger partial charge on any atom is -0.338 e. The number of aromatic amines is 1. The van der Waals surface area contributed by atoms with Crippen LogP contribution in [0.4, 0.5) is 11.5 Å². The molecule has 1 aliphatic rings. The third kappa shape index (κ3) is 1.84. The van der Waals surface area contributed by atoms with E-state index in [0.717, 1.165) is 28.1 Å². The first-order valence-corrected chi connectivity index (χ1v) is 7.29. The number of anilines is 2. The lowest BCUT2D eigenvalue weighted by Crippen LogP contribution is -1.94.